The summed E-state index contributed by atoms with van der Waals surface area (Å²) in [6.45, 7) is 0. The molecule has 23 heavy (non-hydrogen) atoms. The number of anilines is 1. The zero-order valence-electron chi connectivity index (χ0n) is 13.1. The second kappa shape index (κ2) is 6.44. The first-order valence-electron chi connectivity index (χ1n) is 7.27. The fourth-order valence-corrected chi connectivity index (χ4v) is 2.52. The maximum Gasteiger partial charge on any atom is 0.228 e. The molecule has 0 bridgehead atoms. The van der Waals surface area contributed by atoms with Crippen LogP contribution in [0.5, 0.6) is 11.5 Å². The molecule has 0 saturated heterocycles. The van der Waals surface area contributed by atoms with Gasteiger partial charge in [-0.1, -0.05) is 6.07 Å². The maximum absolute atomic E-state index is 12.2. The first-order chi connectivity index (χ1) is 11.2. The van der Waals surface area contributed by atoms with E-state index in [9.17, 15) is 4.79 Å². The standard InChI is InChI=1S/C18H18N2O3/c1-22-16-6-4-14(11-17(16)23-2)20-18(21)10-12-3-5-15-13(9-12)7-8-19-15/h3-9,11,19H,10H2,1-2H3,(H,20,21). The first-order valence-corrected chi connectivity index (χ1v) is 7.27. The van der Waals surface area contributed by atoms with E-state index in [-0.39, 0.29) is 5.91 Å². The van der Waals surface area contributed by atoms with Gasteiger partial charge in [0.1, 0.15) is 0 Å². The van der Waals surface area contributed by atoms with E-state index in [1.54, 1.807) is 32.4 Å². The predicted molar refractivity (Wildman–Crippen MR) is 90.2 cm³/mol. The minimum Gasteiger partial charge on any atom is -0.493 e. The van der Waals surface area contributed by atoms with Crippen molar-refractivity contribution in [1.29, 1.82) is 0 Å². The Balaban J connectivity index is 1.71. The van der Waals surface area contributed by atoms with Gasteiger partial charge in [0.2, 0.25) is 5.91 Å². The van der Waals surface area contributed by atoms with Crippen LogP contribution in [0.3, 0.4) is 0 Å². The van der Waals surface area contributed by atoms with Crippen molar-refractivity contribution in [1.82, 2.24) is 4.98 Å². The Kier molecular flexibility index (Phi) is 4.19. The lowest BCUT2D eigenvalue weighted by atomic mass is 10.1. The molecule has 0 aliphatic carbocycles. The highest BCUT2D eigenvalue weighted by Gasteiger charge is 2.08. The molecule has 3 aromatic rings. The molecule has 0 unspecified atom stereocenters. The van der Waals surface area contributed by atoms with Crippen molar-refractivity contribution in [3.05, 3.63) is 54.2 Å². The SMILES string of the molecule is COc1ccc(NC(=O)Cc2ccc3[nH]ccc3c2)cc1OC. The number of rotatable bonds is 5. The second-order valence-corrected chi connectivity index (χ2v) is 5.19. The zero-order chi connectivity index (χ0) is 16.2. The number of nitrogens with one attached hydrogen (secondary N) is 2. The Bertz CT molecular complexity index is 839. The Morgan fingerprint density at radius 3 is 2.65 bits per heavy atom. The van der Waals surface area contributed by atoms with E-state index in [1.165, 1.54) is 0 Å². The number of methoxy groups -OCH3 is 2. The molecule has 5 heteroatoms. The monoisotopic (exact) mass is 310 g/mol. The molecule has 2 aromatic carbocycles. The number of benzene rings is 2. The summed E-state index contributed by atoms with van der Waals surface area (Å²) < 4.78 is 10.4. The van der Waals surface area contributed by atoms with Gasteiger partial charge in [0.25, 0.3) is 0 Å². The summed E-state index contributed by atoms with van der Waals surface area (Å²) in [6, 6.07) is 13.2. The Labute approximate surface area is 134 Å². The Hall–Kier alpha value is -2.95. The number of hydrogen-bond donors (Lipinski definition) is 2. The van der Waals surface area contributed by atoms with Crippen LogP contribution in [0, 0.1) is 0 Å². The van der Waals surface area contributed by atoms with Gasteiger partial charge in [0.05, 0.1) is 20.6 Å². The van der Waals surface area contributed by atoms with Gasteiger partial charge >= 0.3 is 0 Å². The number of ether oxygens (including phenoxy) is 2. The number of fused-ring (bicyclic) bond motifs is 1. The van der Waals surface area contributed by atoms with Gasteiger partial charge in [0, 0.05) is 23.5 Å². The van der Waals surface area contributed by atoms with E-state index in [1.807, 2.05) is 30.5 Å². The molecule has 5 nitrogen and oxygen atoms in total. The Morgan fingerprint density at radius 2 is 1.87 bits per heavy atom. The lowest BCUT2D eigenvalue weighted by Gasteiger charge is -2.10. The number of H-pyrrole nitrogens is 1. The summed E-state index contributed by atoms with van der Waals surface area (Å²) in [4.78, 5) is 15.4. The molecule has 0 aliphatic heterocycles. The van der Waals surface area contributed by atoms with E-state index in [0.717, 1.165) is 16.5 Å². The fourth-order valence-electron chi connectivity index (χ4n) is 2.52. The highest BCUT2D eigenvalue weighted by atomic mass is 16.5. The lowest BCUT2D eigenvalue weighted by molar-refractivity contribution is -0.115. The summed E-state index contributed by atoms with van der Waals surface area (Å²) >= 11 is 0. The van der Waals surface area contributed by atoms with Crippen LogP contribution in [0.4, 0.5) is 5.69 Å². The third-order valence-corrected chi connectivity index (χ3v) is 3.65. The van der Waals surface area contributed by atoms with Crippen molar-refractivity contribution in [2.24, 2.45) is 0 Å². The van der Waals surface area contributed by atoms with E-state index in [0.29, 0.717) is 23.6 Å². The van der Waals surface area contributed by atoms with Gasteiger partial charge < -0.3 is 19.8 Å². The highest BCUT2D eigenvalue weighted by Crippen LogP contribution is 2.29. The molecular weight excluding hydrogens is 292 g/mol. The number of hydrogen-bond acceptors (Lipinski definition) is 3. The summed E-state index contributed by atoms with van der Waals surface area (Å²) in [5, 5.41) is 3.97. The normalized spacial score (nSPS) is 10.5. The van der Waals surface area contributed by atoms with Crippen LogP contribution in [0.15, 0.2) is 48.7 Å². The van der Waals surface area contributed by atoms with Crippen LogP contribution < -0.4 is 14.8 Å². The summed E-state index contributed by atoms with van der Waals surface area (Å²) in [6.07, 6.45) is 2.20. The van der Waals surface area contributed by atoms with Crippen molar-refractivity contribution < 1.29 is 14.3 Å². The third kappa shape index (κ3) is 3.29. The molecule has 0 spiro atoms. The molecule has 1 aromatic heterocycles. The van der Waals surface area contributed by atoms with Crippen molar-refractivity contribution >= 4 is 22.5 Å². The van der Waals surface area contributed by atoms with Crippen LogP contribution in [0.2, 0.25) is 0 Å². The molecule has 0 radical (unpaired) electrons. The highest BCUT2D eigenvalue weighted by molar-refractivity contribution is 5.93. The van der Waals surface area contributed by atoms with Crippen LogP contribution >= 0.6 is 0 Å². The summed E-state index contributed by atoms with van der Waals surface area (Å²) in [5.74, 6) is 1.13. The van der Waals surface area contributed by atoms with Crippen LogP contribution in [0.25, 0.3) is 10.9 Å². The van der Waals surface area contributed by atoms with Crippen molar-refractivity contribution in [2.45, 2.75) is 6.42 Å². The molecule has 2 N–H and O–H groups in total. The van der Waals surface area contributed by atoms with E-state index < -0.39 is 0 Å². The number of aromatic nitrogens is 1. The van der Waals surface area contributed by atoms with Crippen LogP contribution in [-0.4, -0.2) is 25.1 Å². The molecule has 0 atom stereocenters. The number of aromatic amines is 1. The van der Waals surface area contributed by atoms with Crippen LogP contribution in [-0.2, 0) is 11.2 Å². The number of carbonyl (C=O) groups excluding carboxylic acids is 1. The molecule has 0 fully saturated rings. The molecule has 0 saturated carbocycles. The van der Waals surface area contributed by atoms with Gasteiger partial charge in [-0.3, -0.25) is 4.79 Å². The third-order valence-electron chi connectivity index (χ3n) is 3.65. The number of amides is 1. The Morgan fingerprint density at radius 1 is 1.04 bits per heavy atom. The van der Waals surface area contributed by atoms with E-state index >= 15 is 0 Å². The lowest BCUT2D eigenvalue weighted by Crippen LogP contribution is -2.14. The van der Waals surface area contributed by atoms with Gasteiger partial charge in [-0.25, -0.2) is 0 Å². The van der Waals surface area contributed by atoms with Crippen molar-refractivity contribution in [3.8, 4) is 11.5 Å². The van der Waals surface area contributed by atoms with E-state index in [2.05, 4.69) is 10.3 Å². The average Bonchev–Trinajstić information content (AvgIpc) is 3.02. The topological polar surface area (TPSA) is 63.3 Å². The minimum atomic E-state index is -0.0768. The molecule has 118 valence electrons. The minimum absolute atomic E-state index is 0.0768. The number of carbonyl (C=O) groups is 1. The molecule has 1 heterocycles. The van der Waals surface area contributed by atoms with Gasteiger partial charge in [0.15, 0.2) is 11.5 Å². The van der Waals surface area contributed by atoms with Crippen LogP contribution in [0.1, 0.15) is 5.56 Å². The maximum atomic E-state index is 12.2. The van der Waals surface area contributed by atoms with Gasteiger partial charge in [-0.2, -0.15) is 0 Å². The predicted octanol–water partition coefficient (Wildman–Crippen LogP) is 3.37. The molecule has 0 aliphatic rings. The van der Waals surface area contributed by atoms with Gasteiger partial charge in [-0.05, 0) is 41.3 Å². The zero-order valence-corrected chi connectivity index (χ0v) is 13.1. The van der Waals surface area contributed by atoms with Crippen molar-refractivity contribution in [3.63, 3.8) is 0 Å². The summed E-state index contributed by atoms with van der Waals surface area (Å²) in [7, 11) is 3.14. The molecule has 3 rings (SSSR count). The second-order valence-electron chi connectivity index (χ2n) is 5.19. The average molecular weight is 310 g/mol. The van der Waals surface area contributed by atoms with E-state index in [4.69, 9.17) is 9.47 Å². The smallest absolute Gasteiger partial charge is 0.228 e. The summed E-state index contributed by atoms with van der Waals surface area (Å²) in [5.41, 5.74) is 2.71. The fraction of sp³-hybridized carbons (Fsp3) is 0.167. The molecular formula is C18H18N2O3. The largest absolute Gasteiger partial charge is 0.493 e. The van der Waals surface area contributed by atoms with Crippen molar-refractivity contribution in [2.75, 3.05) is 19.5 Å². The van der Waals surface area contributed by atoms with Gasteiger partial charge in [-0.15, -0.1) is 0 Å². The molecule has 1 amide bonds. The quantitative estimate of drug-likeness (QED) is 0.759. The first kappa shape index (κ1) is 15.0.